The maximum atomic E-state index is 12.1. The fourth-order valence-electron chi connectivity index (χ4n) is 1.35. The standard InChI is InChI=1S/C12H21N5O/c1-7(2)10-14-6-8(17-13)9(15-10)11(18)16-12(3,4)5/h6-7,17H,13H2,1-5H3,(H,16,18). The highest BCUT2D eigenvalue weighted by atomic mass is 16.2. The van der Waals surface area contributed by atoms with Gasteiger partial charge in [-0.1, -0.05) is 13.8 Å². The molecule has 0 bridgehead atoms. The van der Waals surface area contributed by atoms with E-state index < -0.39 is 0 Å². The number of anilines is 1. The van der Waals surface area contributed by atoms with E-state index in [0.29, 0.717) is 11.5 Å². The molecule has 0 radical (unpaired) electrons. The fraction of sp³-hybridized carbons (Fsp3) is 0.583. The predicted molar refractivity (Wildman–Crippen MR) is 71.2 cm³/mol. The minimum Gasteiger partial charge on any atom is -0.346 e. The molecule has 1 aromatic rings. The second-order valence-electron chi connectivity index (χ2n) is 5.49. The zero-order valence-electron chi connectivity index (χ0n) is 11.5. The van der Waals surface area contributed by atoms with Crippen LogP contribution < -0.4 is 16.6 Å². The highest BCUT2D eigenvalue weighted by Gasteiger charge is 2.20. The number of nitrogens with zero attached hydrogens (tertiary/aromatic N) is 2. The molecule has 1 heterocycles. The fourth-order valence-corrected chi connectivity index (χ4v) is 1.35. The third-order valence-corrected chi connectivity index (χ3v) is 2.18. The number of hydrogen-bond acceptors (Lipinski definition) is 5. The highest BCUT2D eigenvalue weighted by molar-refractivity contribution is 5.97. The predicted octanol–water partition coefficient (Wildman–Crippen LogP) is 1.41. The number of amides is 1. The summed E-state index contributed by atoms with van der Waals surface area (Å²) in [6.07, 6.45) is 1.53. The summed E-state index contributed by atoms with van der Waals surface area (Å²) >= 11 is 0. The number of carbonyl (C=O) groups excluding carboxylic acids is 1. The third kappa shape index (κ3) is 3.66. The average Bonchev–Trinajstić information content (AvgIpc) is 2.25. The Kier molecular flexibility index (Phi) is 4.24. The summed E-state index contributed by atoms with van der Waals surface area (Å²) in [5, 5.41) is 2.85. The summed E-state index contributed by atoms with van der Waals surface area (Å²) in [6, 6.07) is 0. The molecule has 0 unspecified atom stereocenters. The lowest BCUT2D eigenvalue weighted by atomic mass is 10.1. The van der Waals surface area contributed by atoms with Gasteiger partial charge in [-0.2, -0.15) is 0 Å². The van der Waals surface area contributed by atoms with Crippen LogP contribution in [0.2, 0.25) is 0 Å². The Labute approximate surface area is 107 Å². The highest BCUT2D eigenvalue weighted by Crippen LogP contribution is 2.16. The van der Waals surface area contributed by atoms with Crippen LogP contribution in [0, 0.1) is 0 Å². The van der Waals surface area contributed by atoms with Gasteiger partial charge in [0.1, 0.15) is 5.82 Å². The van der Waals surface area contributed by atoms with E-state index in [9.17, 15) is 4.79 Å². The van der Waals surface area contributed by atoms with Crippen molar-refractivity contribution in [1.82, 2.24) is 15.3 Å². The van der Waals surface area contributed by atoms with Crippen LogP contribution in [0.5, 0.6) is 0 Å². The smallest absolute Gasteiger partial charge is 0.272 e. The van der Waals surface area contributed by atoms with E-state index in [1.807, 2.05) is 34.6 Å². The van der Waals surface area contributed by atoms with Crippen molar-refractivity contribution in [2.45, 2.75) is 46.1 Å². The number of nitrogen functional groups attached to an aromatic ring is 1. The number of hydrazine groups is 1. The summed E-state index contributed by atoms with van der Waals surface area (Å²) in [5.74, 6) is 5.87. The minimum absolute atomic E-state index is 0.151. The summed E-state index contributed by atoms with van der Waals surface area (Å²) in [6.45, 7) is 9.66. The molecule has 6 heteroatoms. The topological polar surface area (TPSA) is 92.9 Å². The molecule has 0 atom stereocenters. The van der Waals surface area contributed by atoms with Crippen molar-refractivity contribution in [2.24, 2.45) is 5.84 Å². The molecular weight excluding hydrogens is 230 g/mol. The molecule has 0 saturated heterocycles. The summed E-state index contributed by atoms with van der Waals surface area (Å²) in [5.41, 5.74) is 2.80. The summed E-state index contributed by atoms with van der Waals surface area (Å²) in [7, 11) is 0. The summed E-state index contributed by atoms with van der Waals surface area (Å²) in [4.78, 5) is 20.5. The van der Waals surface area contributed by atoms with Gasteiger partial charge in [-0.05, 0) is 20.8 Å². The monoisotopic (exact) mass is 251 g/mol. The first kappa shape index (κ1) is 14.4. The number of rotatable bonds is 3. The van der Waals surface area contributed by atoms with E-state index in [1.165, 1.54) is 6.20 Å². The van der Waals surface area contributed by atoms with E-state index in [2.05, 4.69) is 20.7 Å². The molecule has 4 N–H and O–H groups in total. The van der Waals surface area contributed by atoms with Crippen molar-refractivity contribution in [3.63, 3.8) is 0 Å². The Balaban J connectivity index is 3.12. The van der Waals surface area contributed by atoms with Crippen LogP contribution in [0.25, 0.3) is 0 Å². The van der Waals surface area contributed by atoms with Gasteiger partial charge in [0.2, 0.25) is 0 Å². The van der Waals surface area contributed by atoms with E-state index in [4.69, 9.17) is 5.84 Å². The maximum absolute atomic E-state index is 12.1. The van der Waals surface area contributed by atoms with Crippen molar-refractivity contribution in [3.8, 4) is 0 Å². The van der Waals surface area contributed by atoms with Crippen LogP contribution in [0.1, 0.15) is 56.8 Å². The largest absolute Gasteiger partial charge is 0.346 e. The molecule has 0 aromatic carbocycles. The molecular formula is C12H21N5O. The van der Waals surface area contributed by atoms with Gasteiger partial charge in [-0.3, -0.25) is 10.6 Å². The lowest BCUT2D eigenvalue weighted by Gasteiger charge is -2.21. The van der Waals surface area contributed by atoms with Crippen molar-refractivity contribution in [3.05, 3.63) is 17.7 Å². The van der Waals surface area contributed by atoms with Crippen LogP contribution in [-0.4, -0.2) is 21.4 Å². The molecule has 0 spiro atoms. The van der Waals surface area contributed by atoms with Crippen LogP contribution in [0.15, 0.2) is 6.20 Å². The lowest BCUT2D eigenvalue weighted by Crippen LogP contribution is -2.41. The van der Waals surface area contributed by atoms with Crippen molar-refractivity contribution >= 4 is 11.6 Å². The van der Waals surface area contributed by atoms with E-state index in [0.717, 1.165) is 0 Å². The molecule has 0 aliphatic carbocycles. The van der Waals surface area contributed by atoms with Crippen LogP contribution in [-0.2, 0) is 0 Å². The first-order valence-corrected chi connectivity index (χ1v) is 5.90. The van der Waals surface area contributed by atoms with Crippen molar-refractivity contribution in [1.29, 1.82) is 0 Å². The molecule has 1 rings (SSSR count). The molecule has 6 nitrogen and oxygen atoms in total. The van der Waals surface area contributed by atoms with Crippen molar-refractivity contribution in [2.75, 3.05) is 5.43 Å². The average molecular weight is 251 g/mol. The second-order valence-corrected chi connectivity index (χ2v) is 5.49. The van der Waals surface area contributed by atoms with Gasteiger partial charge in [-0.25, -0.2) is 9.97 Å². The molecule has 0 saturated carbocycles. The number of nitrogens with one attached hydrogen (secondary N) is 2. The first-order valence-electron chi connectivity index (χ1n) is 5.90. The Morgan fingerprint density at radius 1 is 1.39 bits per heavy atom. The zero-order chi connectivity index (χ0) is 13.9. The van der Waals surface area contributed by atoms with Gasteiger partial charge in [0, 0.05) is 11.5 Å². The van der Waals surface area contributed by atoms with Crippen molar-refractivity contribution < 1.29 is 4.79 Å². The third-order valence-electron chi connectivity index (χ3n) is 2.18. The minimum atomic E-state index is -0.327. The van der Waals surface area contributed by atoms with Crippen LogP contribution >= 0.6 is 0 Å². The molecule has 100 valence electrons. The Hall–Kier alpha value is -1.69. The Morgan fingerprint density at radius 3 is 2.44 bits per heavy atom. The first-order chi connectivity index (χ1) is 8.24. The summed E-state index contributed by atoms with van der Waals surface area (Å²) < 4.78 is 0. The van der Waals surface area contributed by atoms with Gasteiger partial charge in [-0.15, -0.1) is 0 Å². The van der Waals surface area contributed by atoms with Gasteiger partial charge < -0.3 is 10.7 Å². The number of hydrogen-bond donors (Lipinski definition) is 3. The second kappa shape index (κ2) is 5.30. The lowest BCUT2D eigenvalue weighted by molar-refractivity contribution is 0.0915. The van der Waals surface area contributed by atoms with Gasteiger partial charge in [0.25, 0.3) is 5.91 Å². The quantitative estimate of drug-likeness (QED) is 0.558. The van der Waals surface area contributed by atoms with Gasteiger partial charge in [0.05, 0.1) is 11.9 Å². The number of carbonyl (C=O) groups is 1. The molecule has 0 aliphatic rings. The molecule has 18 heavy (non-hydrogen) atoms. The Bertz CT molecular complexity index is 437. The number of nitrogens with two attached hydrogens (primary N) is 1. The zero-order valence-corrected chi connectivity index (χ0v) is 11.5. The van der Waals surface area contributed by atoms with E-state index in [-0.39, 0.29) is 23.1 Å². The SMILES string of the molecule is CC(C)c1ncc(NN)c(C(=O)NC(C)(C)C)n1. The molecule has 0 aliphatic heterocycles. The van der Waals surface area contributed by atoms with Crippen LogP contribution in [0.3, 0.4) is 0 Å². The van der Waals surface area contributed by atoms with Gasteiger partial charge in [0.15, 0.2) is 5.69 Å². The normalized spacial score (nSPS) is 11.5. The van der Waals surface area contributed by atoms with Gasteiger partial charge >= 0.3 is 0 Å². The molecule has 0 fully saturated rings. The maximum Gasteiger partial charge on any atom is 0.272 e. The Morgan fingerprint density at radius 2 is 2.00 bits per heavy atom. The van der Waals surface area contributed by atoms with E-state index >= 15 is 0 Å². The van der Waals surface area contributed by atoms with Crippen LogP contribution in [0.4, 0.5) is 5.69 Å². The number of aromatic nitrogens is 2. The molecule has 1 amide bonds. The van der Waals surface area contributed by atoms with E-state index in [1.54, 1.807) is 0 Å². The molecule has 1 aromatic heterocycles.